The number of carbonyl (C=O) groups excluding carboxylic acids is 1. The monoisotopic (exact) mass is 287 g/mol. The van der Waals surface area contributed by atoms with E-state index in [-0.39, 0.29) is 11.7 Å². The van der Waals surface area contributed by atoms with Crippen LogP contribution in [0.25, 0.3) is 11.0 Å². The number of fused-ring (bicyclic) bond motifs is 1. The van der Waals surface area contributed by atoms with Crippen LogP contribution in [0.2, 0.25) is 0 Å². The lowest BCUT2D eigenvalue weighted by Crippen LogP contribution is -2.11. The van der Waals surface area contributed by atoms with Gasteiger partial charge in [-0.3, -0.25) is 9.87 Å². The molecule has 0 saturated carbocycles. The number of methoxy groups -OCH3 is 1. The van der Waals surface area contributed by atoms with E-state index < -0.39 is 16.5 Å². The van der Waals surface area contributed by atoms with Crippen molar-refractivity contribution in [2.24, 2.45) is 0 Å². The van der Waals surface area contributed by atoms with Gasteiger partial charge in [0.2, 0.25) is 5.95 Å². The summed E-state index contributed by atoms with van der Waals surface area (Å²) in [5.74, 6) is 0.0362. The quantitative estimate of drug-likeness (QED) is 0.715. The number of hydrogen-bond acceptors (Lipinski definition) is 6. The SMILES string of the molecule is COC(=O)Nc1nc2ccc(OS(=O)(=O)O)cc2[nH]1. The topological polar surface area (TPSA) is 131 Å². The number of amides is 1. The number of carbonyl (C=O) groups is 1. The van der Waals surface area contributed by atoms with Gasteiger partial charge in [0.1, 0.15) is 5.75 Å². The van der Waals surface area contributed by atoms with E-state index in [1.54, 1.807) is 0 Å². The van der Waals surface area contributed by atoms with Crippen molar-refractivity contribution in [3.8, 4) is 5.75 Å². The molecule has 3 N–H and O–H groups in total. The van der Waals surface area contributed by atoms with Gasteiger partial charge in [0.05, 0.1) is 18.1 Å². The number of benzene rings is 1. The van der Waals surface area contributed by atoms with Crippen LogP contribution in [-0.4, -0.2) is 36.1 Å². The molecule has 0 saturated heterocycles. The van der Waals surface area contributed by atoms with Crippen molar-refractivity contribution in [3.05, 3.63) is 18.2 Å². The lowest BCUT2D eigenvalue weighted by atomic mass is 10.3. The molecule has 0 radical (unpaired) electrons. The van der Waals surface area contributed by atoms with Crippen molar-refractivity contribution in [2.75, 3.05) is 12.4 Å². The second-order valence-corrected chi connectivity index (χ2v) is 4.41. The third-order valence-corrected chi connectivity index (χ3v) is 2.46. The molecule has 0 unspecified atom stereocenters. The van der Waals surface area contributed by atoms with E-state index >= 15 is 0 Å². The molecule has 0 bridgehead atoms. The number of anilines is 1. The molecule has 9 nitrogen and oxygen atoms in total. The Morgan fingerprint density at radius 1 is 1.47 bits per heavy atom. The summed E-state index contributed by atoms with van der Waals surface area (Å²) in [4.78, 5) is 17.7. The van der Waals surface area contributed by atoms with Crippen LogP contribution < -0.4 is 9.50 Å². The molecule has 102 valence electrons. The molecule has 0 spiro atoms. The fourth-order valence-corrected chi connectivity index (χ4v) is 1.72. The van der Waals surface area contributed by atoms with Gasteiger partial charge >= 0.3 is 16.5 Å². The number of nitrogens with one attached hydrogen (secondary N) is 2. The molecular formula is C9H9N3O6S. The maximum absolute atomic E-state index is 11.0. The van der Waals surface area contributed by atoms with Gasteiger partial charge in [-0.2, -0.15) is 8.42 Å². The summed E-state index contributed by atoms with van der Waals surface area (Å²) < 4.78 is 38.4. The molecule has 1 amide bonds. The van der Waals surface area contributed by atoms with Crippen LogP contribution in [0.5, 0.6) is 5.75 Å². The first-order chi connectivity index (χ1) is 8.87. The summed E-state index contributed by atoms with van der Waals surface area (Å²) in [6.07, 6.45) is -0.700. The van der Waals surface area contributed by atoms with E-state index in [4.69, 9.17) is 4.55 Å². The predicted octanol–water partition coefficient (Wildman–Crippen LogP) is 0.923. The fraction of sp³-hybridized carbons (Fsp3) is 0.111. The van der Waals surface area contributed by atoms with Gasteiger partial charge in [-0.1, -0.05) is 0 Å². The summed E-state index contributed by atoms with van der Waals surface area (Å²) >= 11 is 0. The molecule has 0 aliphatic heterocycles. The van der Waals surface area contributed by atoms with Crippen LogP contribution in [0.3, 0.4) is 0 Å². The van der Waals surface area contributed by atoms with Crippen molar-refractivity contribution >= 4 is 33.5 Å². The van der Waals surface area contributed by atoms with Crippen LogP contribution in [-0.2, 0) is 15.1 Å². The number of hydrogen-bond donors (Lipinski definition) is 3. The van der Waals surface area contributed by atoms with Crippen molar-refractivity contribution in [1.82, 2.24) is 9.97 Å². The Morgan fingerprint density at radius 3 is 2.84 bits per heavy atom. The Kier molecular flexibility index (Phi) is 3.27. The average Bonchev–Trinajstić information content (AvgIpc) is 2.68. The maximum Gasteiger partial charge on any atom is 0.446 e. The van der Waals surface area contributed by atoms with Gasteiger partial charge < -0.3 is 13.9 Å². The molecule has 1 aromatic heterocycles. The number of nitrogens with zero attached hydrogens (tertiary/aromatic N) is 1. The highest BCUT2D eigenvalue weighted by Gasteiger charge is 2.10. The largest absolute Gasteiger partial charge is 0.453 e. The molecule has 2 aromatic rings. The lowest BCUT2D eigenvalue weighted by Gasteiger charge is -1.99. The zero-order valence-corrected chi connectivity index (χ0v) is 10.4. The first-order valence-electron chi connectivity index (χ1n) is 4.89. The summed E-state index contributed by atoms with van der Waals surface area (Å²) in [5, 5.41) is 2.31. The number of rotatable bonds is 3. The van der Waals surface area contributed by atoms with Crippen molar-refractivity contribution in [2.45, 2.75) is 0 Å². The maximum atomic E-state index is 11.0. The normalized spacial score (nSPS) is 11.3. The third-order valence-electron chi connectivity index (χ3n) is 2.06. The standard InChI is InChI=1S/C9H9N3O6S/c1-17-9(13)12-8-10-6-3-2-5(4-7(6)11-8)18-19(14,15)16/h2-4H,1H3,(H,14,15,16)(H2,10,11,12,13). The Morgan fingerprint density at radius 2 is 2.21 bits per heavy atom. The van der Waals surface area contributed by atoms with Gasteiger partial charge in [-0.05, 0) is 12.1 Å². The van der Waals surface area contributed by atoms with E-state index in [9.17, 15) is 13.2 Å². The molecular weight excluding hydrogens is 278 g/mol. The Labute approximate surface area is 107 Å². The minimum Gasteiger partial charge on any atom is -0.453 e. The minimum atomic E-state index is -4.59. The molecule has 0 atom stereocenters. The molecule has 2 rings (SSSR count). The molecule has 0 aliphatic rings. The van der Waals surface area contributed by atoms with Crippen molar-refractivity contribution in [3.63, 3.8) is 0 Å². The predicted molar refractivity (Wildman–Crippen MR) is 64.3 cm³/mol. The van der Waals surface area contributed by atoms with Crippen LogP contribution >= 0.6 is 0 Å². The Bertz CT molecular complexity index is 723. The van der Waals surface area contributed by atoms with Crippen molar-refractivity contribution < 1.29 is 26.7 Å². The molecule has 0 fully saturated rings. The van der Waals surface area contributed by atoms with Gasteiger partial charge in [-0.25, -0.2) is 9.78 Å². The average molecular weight is 287 g/mol. The van der Waals surface area contributed by atoms with Crippen LogP contribution in [0, 0.1) is 0 Å². The summed E-state index contributed by atoms with van der Waals surface area (Å²) in [5.41, 5.74) is 0.877. The summed E-state index contributed by atoms with van der Waals surface area (Å²) in [7, 11) is -3.38. The van der Waals surface area contributed by atoms with Gasteiger partial charge in [0.25, 0.3) is 0 Å². The van der Waals surface area contributed by atoms with Crippen LogP contribution in [0.4, 0.5) is 10.7 Å². The number of ether oxygens (including phenoxy) is 1. The van der Waals surface area contributed by atoms with Crippen LogP contribution in [0.1, 0.15) is 0 Å². The highest BCUT2D eigenvalue weighted by atomic mass is 32.3. The van der Waals surface area contributed by atoms with E-state index in [0.717, 1.165) is 0 Å². The number of imidazole rings is 1. The smallest absolute Gasteiger partial charge is 0.446 e. The Hall–Kier alpha value is -2.33. The molecule has 19 heavy (non-hydrogen) atoms. The molecule has 0 aliphatic carbocycles. The fourth-order valence-electron chi connectivity index (χ4n) is 1.37. The highest BCUT2D eigenvalue weighted by Crippen LogP contribution is 2.21. The van der Waals surface area contributed by atoms with Gasteiger partial charge in [0, 0.05) is 6.07 Å². The van der Waals surface area contributed by atoms with Gasteiger partial charge in [-0.15, -0.1) is 0 Å². The number of aromatic amines is 1. The Balaban J connectivity index is 2.30. The summed E-state index contributed by atoms with van der Waals surface area (Å²) in [6, 6.07) is 4.06. The zero-order chi connectivity index (χ0) is 14.0. The highest BCUT2D eigenvalue weighted by molar-refractivity contribution is 7.81. The van der Waals surface area contributed by atoms with E-state index in [0.29, 0.717) is 11.0 Å². The first kappa shape index (κ1) is 13.1. The third kappa shape index (κ3) is 3.33. The van der Waals surface area contributed by atoms with Crippen molar-refractivity contribution in [1.29, 1.82) is 0 Å². The molecule has 10 heteroatoms. The second kappa shape index (κ2) is 4.74. The first-order valence-corrected chi connectivity index (χ1v) is 6.25. The molecule has 1 aromatic carbocycles. The summed E-state index contributed by atoms with van der Waals surface area (Å²) in [6.45, 7) is 0. The number of H-pyrrole nitrogens is 1. The number of aromatic nitrogens is 2. The van der Waals surface area contributed by atoms with E-state index in [2.05, 4.69) is 24.2 Å². The lowest BCUT2D eigenvalue weighted by molar-refractivity contribution is 0.186. The van der Waals surface area contributed by atoms with Crippen LogP contribution in [0.15, 0.2) is 18.2 Å². The van der Waals surface area contributed by atoms with E-state index in [1.807, 2.05) is 0 Å². The zero-order valence-electron chi connectivity index (χ0n) is 9.58. The van der Waals surface area contributed by atoms with E-state index in [1.165, 1.54) is 25.3 Å². The second-order valence-electron chi connectivity index (χ2n) is 3.39. The minimum absolute atomic E-state index is 0.0942. The molecule has 1 heterocycles. The van der Waals surface area contributed by atoms with Gasteiger partial charge in [0.15, 0.2) is 0 Å².